The minimum absolute atomic E-state index is 0.201. The maximum absolute atomic E-state index is 12.1. The van der Waals surface area contributed by atoms with Gasteiger partial charge in [0.2, 0.25) is 0 Å². The number of nitrogens with one attached hydrogen (secondary N) is 1. The molecule has 0 atom stereocenters. The zero-order valence-electron chi connectivity index (χ0n) is 11.7. The van der Waals surface area contributed by atoms with E-state index in [1.165, 1.54) is 17.8 Å². The van der Waals surface area contributed by atoms with Gasteiger partial charge in [-0.3, -0.25) is 4.79 Å². The first-order valence-corrected chi connectivity index (χ1v) is 8.92. The average molecular weight is 322 g/mol. The summed E-state index contributed by atoms with van der Waals surface area (Å²) < 4.78 is 0. The van der Waals surface area contributed by atoms with Crippen molar-refractivity contribution in [1.29, 1.82) is 0 Å². The fraction of sp³-hybridized carbons (Fsp3) is 0.467. The average Bonchev–Trinajstić information content (AvgIpc) is 3.16. The molecule has 0 bridgehead atoms. The molecule has 0 aromatic carbocycles. The maximum atomic E-state index is 12.1. The zero-order valence-corrected chi connectivity index (χ0v) is 13.3. The summed E-state index contributed by atoms with van der Waals surface area (Å²) in [7, 11) is 0. The molecule has 2 N–H and O–H groups in total. The van der Waals surface area contributed by atoms with Crippen LogP contribution in [-0.2, 0) is 0 Å². The molecule has 2 aromatic heterocycles. The Labute approximate surface area is 131 Å². The second-order valence-electron chi connectivity index (χ2n) is 5.48. The normalized spacial score (nSPS) is 17.6. The van der Waals surface area contributed by atoms with Crippen LogP contribution in [0.15, 0.2) is 22.9 Å². The van der Waals surface area contributed by atoms with Crippen molar-refractivity contribution in [3.63, 3.8) is 0 Å². The largest absolute Gasteiger partial charge is 0.388 e. The number of aliphatic hydroxyl groups is 1. The second-order valence-corrected chi connectivity index (χ2v) is 7.29. The molecule has 1 saturated carbocycles. The van der Waals surface area contributed by atoms with Gasteiger partial charge in [0.1, 0.15) is 10.7 Å². The summed E-state index contributed by atoms with van der Waals surface area (Å²) in [5.41, 5.74) is -0.302. The third kappa shape index (κ3) is 3.51. The summed E-state index contributed by atoms with van der Waals surface area (Å²) in [6, 6.07) is 3.97. The minimum Gasteiger partial charge on any atom is -0.388 e. The predicted molar refractivity (Wildman–Crippen MR) is 85.8 cm³/mol. The summed E-state index contributed by atoms with van der Waals surface area (Å²) in [5, 5.41) is 17.9. The number of hydrogen-bond donors (Lipinski definition) is 2. The summed E-state index contributed by atoms with van der Waals surface area (Å²) in [6.07, 6.45) is 4.78. The lowest BCUT2D eigenvalue weighted by Gasteiger charge is -2.31. The van der Waals surface area contributed by atoms with Crippen LogP contribution < -0.4 is 5.32 Å². The van der Waals surface area contributed by atoms with Crippen molar-refractivity contribution in [2.24, 2.45) is 0 Å². The highest BCUT2D eigenvalue weighted by molar-refractivity contribution is 7.20. The Morgan fingerprint density at radius 2 is 2.14 bits per heavy atom. The van der Waals surface area contributed by atoms with Gasteiger partial charge in [0, 0.05) is 11.9 Å². The highest BCUT2D eigenvalue weighted by atomic mass is 32.1. The Bertz CT molecular complexity index is 601. The van der Waals surface area contributed by atoms with Crippen molar-refractivity contribution in [3.8, 4) is 9.88 Å². The first kappa shape index (κ1) is 14.7. The molecule has 1 aliphatic rings. The monoisotopic (exact) mass is 322 g/mol. The van der Waals surface area contributed by atoms with E-state index in [-0.39, 0.29) is 5.91 Å². The van der Waals surface area contributed by atoms with Crippen LogP contribution in [0.3, 0.4) is 0 Å². The first-order valence-electron chi connectivity index (χ1n) is 7.16. The van der Waals surface area contributed by atoms with Crippen LogP contribution >= 0.6 is 22.7 Å². The van der Waals surface area contributed by atoms with E-state index in [4.69, 9.17) is 0 Å². The molecule has 1 fully saturated rings. The highest BCUT2D eigenvalue weighted by Gasteiger charge is 2.29. The van der Waals surface area contributed by atoms with Gasteiger partial charge < -0.3 is 10.4 Å². The molecule has 21 heavy (non-hydrogen) atoms. The van der Waals surface area contributed by atoms with E-state index in [1.54, 1.807) is 16.7 Å². The van der Waals surface area contributed by atoms with E-state index in [9.17, 15) is 9.90 Å². The number of thiophene rings is 1. The number of rotatable bonds is 4. The standard InChI is InChI=1S/C15H18N2O2S2/c18-13(16-10-15(19)6-2-1-3-7-15)11-9-21-14(17-11)12-5-4-8-20-12/h4-5,8-9,19H,1-3,6-7,10H2,(H,16,18). The zero-order chi connectivity index (χ0) is 14.7. The van der Waals surface area contributed by atoms with Crippen molar-refractivity contribution in [3.05, 3.63) is 28.6 Å². The highest BCUT2D eigenvalue weighted by Crippen LogP contribution is 2.29. The molecule has 0 spiro atoms. The van der Waals surface area contributed by atoms with Gasteiger partial charge in [0.15, 0.2) is 0 Å². The molecule has 1 amide bonds. The third-order valence-electron chi connectivity index (χ3n) is 3.83. The Morgan fingerprint density at radius 1 is 1.33 bits per heavy atom. The van der Waals surface area contributed by atoms with Crippen molar-refractivity contribution in [2.45, 2.75) is 37.7 Å². The number of amides is 1. The Morgan fingerprint density at radius 3 is 2.86 bits per heavy atom. The van der Waals surface area contributed by atoms with Crippen molar-refractivity contribution in [1.82, 2.24) is 10.3 Å². The smallest absolute Gasteiger partial charge is 0.270 e. The van der Waals surface area contributed by atoms with Crippen LogP contribution in [0, 0.1) is 0 Å². The minimum atomic E-state index is -0.736. The van der Waals surface area contributed by atoms with E-state index < -0.39 is 5.60 Å². The molecular weight excluding hydrogens is 304 g/mol. The molecule has 0 aliphatic heterocycles. The number of carbonyl (C=O) groups excluding carboxylic acids is 1. The van der Waals surface area contributed by atoms with Crippen molar-refractivity contribution < 1.29 is 9.90 Å². The van der Waals surface area contributed by atoms with Gasteiger partial charge in [-0.15, -0.1) is 22.7 Å². The molecular formula is C15H18N2O2S2. The number of nitrogens with zero attached hydrogens (tertiary/aromatic N) is 1. The second kappa shape index (κ2) is 6.25. The fourth-order valence-electron chi connectivity index (χ4n) is 2.61. The van der Waals surface area contributed by atoms with E-state index in [0.717, 1.165) is 35.6 Å². The number of hydrogen-bond acceptors (Lipinski definition) is 5. The van der Waals surface area contributed by atoms with Gasteiger partial charge in [-0.05, 0) is 24.3 Å². The molecule has 0 unspecified atom stereocenters. The van der Waals surface area contributed by atoms with Crippen LogP contribution in [0.2, 0.25) is 0 Å². The van der Waals surface area contributed by atoms with E-state index in [1.807, 2.05) is 17.5 Å². The van der Waals surface area contributed by atoms with E-state index in [2.05, 4.69) is 10.3 Å². The summed E-state index contributed by atoms with van der Waals surface area (Å²) in [5.74, 6) is -0.201. The van der Waals surface area contributed by atoms with Gasteiger partial charge >= 0.3 is 0 Å². The summed E-state index contributed by atoms with van der Waals surface area (Å²) in [6.45, 7) is 0.317. The molecule has 2 aromatic rings. The lowest BCUT2D eigenvalue weighted by Crippen LogP contribution is -2.44. The van der Waals surface area contributed by atoms with Crippen LogP contribution in [0.1, 0.15) is 42.6 Å². The topological polar surface area (TPSA) is 62.2 Å². The molecule has 0 radical (unpaired) electrons. The Hall–Kier alpha value is -1.24. The maximum Gasteiger partial charge on any atom is 0.270 e. The van der Waals surface area contributed by atoms with Crippen LogP contribution in [0.5, 0.6) is 0 Å². The number of aromatic nitrogens is 1. The summed E-state index contributed by atoms with van der Waals surface area (Å²) in [4.78, 5) is 17.6. The SMILES string of the molecule is O=C(NCC1(O)CCCCC1)c1csc(-c2cccs2)n1. The fourth-order valence-corrected chi connectivity index (χ4v) is 4.23. The van der Waals surface area contributed by atoms with Crippen molar-refractivity contribution in [2.75, 3.05) is 6.54 Å². The van der Waals surface area contributed by atoms with Gasteiger partial charge in [-0.25, -0.2) is 4.98 Å². The van der Waals surface area contributed by atoms with Crippen LogP contribution in [0.4, 0.5) is 0 Å². The third-order valence-corrected chi connectivity index (χ3v) is 5.71. The number of thiazole rings is 1. The molecule has 3 rings (SSSR count). The molecule has 4 nitrogen and oxygen atoms in total. The van der Waals surface area contributed by atoms with E-state index >= 15 is 0 Å². The van der Waals surface area contributed by atoms with Crippen LogP contribution in [0.25, 0.3) is 9.88 Å². The quantitative estimate of drug-likeness (QED) is 0.908. The van der Waals surface area contributed by atoms with Gasteiger partial charge in [-0.1, -0.05) is 25.3 Å². The Balaban J connectivity index is 1.61. The number of carbonyl (C=O) groups is 1. The van der Waals surface area contributed by atoms with Gasteiger partial charge in [0.05, 0.1) is 10.5 Å². The molecule has 0 saturated heterocycles. The molecule has 2 heterocycles. The van der Waals surface area contributed by atoms with Gasteiger partial charge in [-0.2, -0.15) is 0 Å². The lowest BCUT2D eigenvalue weighted by atomic mass is 9.85. The Kier molecular flexibility index (Phi) is 4.37. The lowest BCUT2D eigenvalue weighted by molar-refractivity contribution is 0.00522. The predicted octanol–water partition coefficient (Wildman–Crippen LogP) is 3.30. The van der Waals surface area contributed by atoms with E-state index in [0.29, 0.717) is 12.2 Å². The summed E-state index contributed by atoms with van der Waals surface area (Å²) >= 11 is 3.08. The van der Waals surface area contributed by atoms with Crippen LogP contribution in [-0.4, -0.2) is 28.1 Å². The van der Waals surface area contributed by atoms with Crippen molar-refractivity contribution >= 4 is 28.6 Å². The molecule has 112 valence electrons. The first-order chi connectivity index (χ1) is 10.2. The molecule has 6 heteroatoms. The molecule has 1 aliphatic carbocycles. The van der Waals surface area contributed by atoms with Gasteiger partial charge in [0.25, 0.3) is 5.91 Å².